The van der Waals surface area contributed by atoms with Gasteiger partial charge in [0, 0.05) is 6.42 Å². The van der Waals surface area contributed by atoms with Crippen LogP contribution in [0, 0.1) is 0 Å². The molecule has 0 spiro atoms. The largest absolute Gasteiger partial charge is 0.493 e. The van der Waals surface area contributed by atoms with Crippen molar-refractivity contribution in [3.05, 3.63) is 59.7 Å². The van der Waals surface area contributed by atoms with Gasteiger partial charge in [-0.15, -0.1) is 0 Å². The molecule has 0 heterocycles. The smallest absolute Gasteiger partial charge is 0.240 e. The molecule has 0 atom stereocenters. The molecule has 1 amide bonds. The van der Waals surface area contributed by atoms with E-state index in [1.165, 1.54) is 44.9 Å². The van der Waals surface area contributed by atoms with E-state index in [-0.39, 0.29) is 5.91 Å². The highest BCUT2D eigenvalue weighted by molar-refractivity contribution is 5.83. The molecular formula is C27H38N2O3. The number of hydrazone groups is 1. The van der Waals surface area contributed by atoms with Crippen molar-refractivity contribution in [1.82, 2.24) is 5.43 Å². The van der Waals surface area contributed by atoms with Gasteiger partial charge in [0.25, 0.3) is 0 Å². The summed E-state index contributed by atoms with van der Waals surface area (Å²) >= 11 is 0. The molecule has 2 aromatic carbocycles. The van der Waals surface area contributed by atoms with Gasteiger partial charge in [-0.1, -0.05) is 88.6 Å². The number of ether oxygens (including phenoxy) is 2. The van der Waals surface area contributed by atoms with Crippen molar-refractivity contribution in [2.45, 2.75) is 77.7 Å². The van der Waals surface area contributed by atoms with Crippen molar-refractivity contribution in [2.75, 3.05) is 7.11 Å². The van der Waals surface area contributed by atoms with Crippen LogP contribution in [0.15, 0.2) is 53.6 Å². The third-order valence-corrected chi connectivity index (χ3v) is 5.34. The molecule has 1 N–H and O–H groups in total. The van der Waals surface area contributed by atoms with Gasteiger partial charge in [0.2, 0.25) is 5.91 Å². The molecule has 0 radical (unpaired) electrons. The lowest BCUT2D eigenvalue weighted by molar-refractivity contribution is -0.121. The zero-order chi connectivity index (χ0) is 22.9. The van der Waals surface area contributed by atoms with E-state index < -0.39 is 0 Å². The minimum absolute atomic E-state index is 0.0426. The summed E-state index contributed by atoms with van der Waals surface area (Å²) in [6.45, 7) is 2.71. The van der Waals surface area contributed by atoms with Gasteiger partial charge in [-0.05, 0) is 35.7 Å². The van der Waals surface area contributed by atoms with E-state index in [0.717, 1.165) is 24.0 Å². The number of nitrogens with one attached hydrogen (secondary N) is 1. The molecule has 32 heavy (non-hydrogen) atoms. The van der Waals surface area contributed by atoms with E-state index in [0.29, 0.717) is 24.5 Å². The van der Waals surface area contributed by atoms with Gasteiger partial charge >= 0.3 is 0 Å². The zero-order valence-corrected chi connectivity index (χ0v) is 19.6. The number of carbonyl (C=O) groups excluding carboxylic acids is 1. The first-order valence-corrected chi connectivity index (χ1v) is 11.9. The maximum absolute atomic E-state index is 12.0. The molecule has 0 aliphatic heterocycles. The molecular weight excluding hydrogens is 400 g/mol. The van der Waals surface area contributed by atoms with Crippen molar-refractivity contribution in [3.63, 3.8) is 0 Å². The second-order valence-electron chi connectivity index (χ2n) is 8.06. The number of benzene rings is 2. The summed E-state index contributed by atoms with van der Waals surface area (Å²) in [5.74, 6) is 1.26. The molecule has 5 heteroatoms. The van der Waals surface area contributed by atoms with E-state index in [1.54, 1.807) is 13.3 Å². The Morgan fingerprint density at radius 2 is 1.59 bits per heavy atom. The highest BCUT2D eigenvalue weighted by Crippen LogP contribution is 2.28. The molecule has 0 fully saturated rings. The molecule has 0 aliphatic carbocycles. The van der Waals surface area contributed by atoms with Gasteiger partial charge in [0.05, 0.1) is 13.3 Å². The summed E-state index contributed by atoms with van der Waals surface area (Å²) in [6, 6.07) is 15.6. The Morgan fingerprint density at radius 1 is 0.906 bits per heavy atom. The number of rotatable bonds is 16. The molecule has 174 valence electrons. The molecule has 0 saturated carbocycles. The van der Waals surface area contributed by atoms with Crippen LogP contribution in [0.4, 0.5) is 0 Å². The van der Waals surface area contributed by atoms with Crippen molar-refractivity contribution in [1.29, 1.82) is 0 Å². The first-order chi connectivity index (χ1) is 15.7. The average Bonchev–Trinajstić information content (AvgIpc) is 2.82. The summed E-state index contributed by atoms with van der Waals surface area (Å²) < 4.78 is 11.3. The molecule has 2 aromatic rings. The number of amides is 1. The second kappa shape index (κ2) is 15.9. The Bertz CT molecular complexity index is 806. The van der Waals surface area contributed by atoms with Crippen molar-refractivity contribution < 1.29 is 14.3 Å². The third-order valence-electron chi connectivity index (χ3n) is 5.34. The molecule has 2 rings (SSSR count). The Labute approximate surface area is 193 Å². The first-order valence-electron chi connectivity index (χ1n) is 11.9. The number of methoxy groups -OCH3 is 1. The van der Waals surface area contributed by atoms with Crippen LogP contribution in [0.3, 0.4) is 0 Å². The van der Waals surface area contributed by atoms with Gasteiger partial charge < -0.3 is 9.47 Å². The number of nitrogens with zero attached hydrogens (tertiary/aromatic N) is 1. The number of carbonyl (C=O) groups is 1. The van der Waals surface area contributed by atoms with Gasteiger partial charge in [-0.25, -0.2) is 5.43 Å². The van der Waals surface area contributed by atoms with Crippen LogP contribution in [0.5, 0.6) is 11.5 Å². The molecule has 0 bridgehead atoms. The predicted octanol–water partition coefficient (Wildman–Crippen LogP) is 6.65. The SMILES string of the molecule is CCCCCCCCCCCC(=O)N/N=C/c1ccc(OCc2ccccc2)c(OC)c1. The number of hydrogen-bond donors (Lipinski definition) is 1. The lowest BCUT2D eigenvalue weighted by Crippen LogP contribution is -2.16. The molecule has 0 aromatic heterocycles. The van der Waals surface area contributed by atoms with Gasteiger partial charge in [0.1, 0.15) is 6.61 Å². The van der Waals surface area contributed by atoms with Crippen LogP contribution in [-0.2, 0) is 11.4 Å². The van der Waals surface area contributed by atoms with E-state index in [2.05, 4.69) is 17.5 Å². The lowest BCUT2D eigenvalue weighted by atomic mass is 10.1. The van der Waals surface area contributed by atoms with E-state index >= 15 is 0 Å². The molecule has 5 nitrogen and oxygen atoms in total. The Balaban J connectivity index is 1.66. The van der Waals surface area contributed by atoms with Crippen molar-refractivity contribution >= 4 is 12.1 Å². The van der Waals surface area contributed by atoms with E-state index in [4.69, 9.17) is 9.47 Å². The second-order valence-corrected chi connectivity index (χ2v) is 8.06. The Kier molecular flexibility index (Phi) is 12.6. The highest BCUT2D eigenvalue weighted by atomic mass is 16.5. The molecule has 0 saturated heterocycles. The maximum atomic E-state index is 12.0. The van der Waals surface area contributed by atoms with Crippen LogP contribution in [0.2, 0.25) is 0 Å². The minimum atomic E-state index is -0.0426. The minimum Gasteiger partial charge on any atom is -0.493 e. The zero-order valence-electron chi connectivity index (χ0n) is 19.6. The lowest BCUT2D eigenvalue weighted by Gasteiger charge is -2.11. The van der Waals surface area contributed by atoms with Crippen LogP contribution >= 0.6 is 0 Å². The van der Waals surface area contributed by atoms with Crippen molar-refractivity contribution in [2.24, 2.45) is 5.10 Å². The predicted molar refractivity (Wildman–Crippen MR) is 131 cm³/mol. The fourth-order valence-corrected chi connectivity index (χ4v) is 3.45. The fourth-order valence-electron chi connectivity index (χ4n) is 3.45. The number of unbranched alkanes of at least 4 members (excludes halogenated alkanes) is 8. The summed E-state index contributed by atoms with van der Waals surface area (Å²) in [7, 11) is 1.61. The molecule has 0 unspecified atom stereocenters. The Morgan fingerprint density at radius 3 is 2.28 bits per heavy atom. The quantitative estimate of drug-likeness (QED) is 0.181. The fraction of sp³-hybridized carbons (Fsp3) is 0.481. The average molecular weight is 439 g/mol. The highest BCUT2D eigenvalue weighted by Gasteiger charge is 2.06. The summed E-state index contributed by atoms with van der Waals surface area (Å²) in [5.41, 5.74) is 4.54. The van der Waals surface area contributed by atoms with Crippen LogP contribution in [-0.4, -0.2) is 19.2 Å². The first kappa shape index (κ1) is 25.4. The normalized spacial score (nSPS) is 10.9. The maximum Gasteiger partial charge on any atom is 0.240 e. The van der Waals surface area contributed by atoms with E-state index in [1.807, 2.05) is 48.5 Å². The summed E-state index contributed by atoms with van der Waals surface area (Å²) in [4.78, 5) is 12.0. The molecule has 0 aliphatic rings. The Hall–Kier alpha value is -2.82. The topological polar surface area (TPSA) is 59.9 Å². The van der Waals surface area contributed by atoms with Crippen LogP contribution in [0.25, 0.3) is 0 Å². The van der Waals surface area contributed by atoms with Gasteiger partial charge in [-0.2, -0.15) is 5.10 Å². The van der Waals surface area contributed by atoms with Crippen molar-refractivity contribution in [3.8, 4) is 11.5 Å². The summed E-state index contributed by atoms with van der Waals surface area (Å²) in [6.07, 6.45) is 13.3. The standard InChI is InChI=1S/C27H38N2O3/c1-3-4-5-6-7-8-9-10-14-17-27(30)29-28-21-24-18-19-25(26(20-24)31-2)32-22-23-15-12-11-13-16-23/h11-13,15-16,18-21H,3-10,14,17,22H2,1-2H3,(H,29,30)/b28-21+. The summed E-state index contributed by atoms with van der Waals surface area (Å²) in [5, 5.41) is 4.08. The van der Waals surface area contributed by atoms with Crippen LogP contribution < -0.4 is 14.9 Å². The monoisotopic (exact) mass is 438 g/mol. The van der Waals surface area contributed by atoms with Gasteiger partial charge in [0.15, 0.2) is 11.5 Å². The number of hydrogen-bond acceptors (Lipinski definition) is 4. The third kappa shape index (κ3) is 10.5. The van der Waals surface area contributed by atoms with Crippen LogP contribution in [0.1, 0.15) is 82.3 Å². The van der Waals surface area contributed by atoms with Gasteiger partial charge in [-0.3, -0.25) is 4.79 Å². The van der Waals surface area contributed by atoms with E-state index in [9.17, 15) is 4.79 Å².